The number of pyridine rings is 1. The molecule has 2 aromatic heterocycles. The highest BCUT2D eigenvalue weighted by molar-refractivity contribution is 6.39. The molecular weight excluding hydrogens is 645 g/mol. The number of anilines is 1. The van der Waals surface area contributed by atoms with Crippen LogP contribution in [0.2, 0.25) is 10.0 Å². The summed E-state index contributed by atoms with van der Waals surface area (Å²) < 4.78 is 13.0. The van der Waals surface area contributed by atoms with Crippen molar-refractivity contribution in [2.75, 3.05) is 32.1 Å². The first-order valence-electron chi connectivity index (χ1n) is 15.2. The van der Waals surface area contributed by atoms with Gasteiger partial charge in [-0.3, -0.25) is 23.9 Å². The maximum absolute atomic E-state index is 13.1. The number of rotatable bonds is 8. The fourth-order valence-electron chi connectivity index (χ4n) is 6.35. The number of ether oxygens (including phenoxy) is 2. The van der Waals surface area contributed by atoms with Crippen LogP contribution in [0.25, 0.3) is 22.4 Å². The average Bonchev–Trinajstić information content (AvgIpc) is 3.45. The molecule has 11 nitrogen and oxygen atoms in total. The summed E-state index contributed by atoms with van der Waals surface area (Å²) in [5, 5.41) is 3.33. The van der Waals surface area contributed by atoms with Crippen LogP contribution in [0.3, 0.4) is 0 Å². The summed E-state index contributed by atoms with van der Waals surface area (Å²) >= 11 is 13.9. The minimum absolute atomic E-state index is 0.103. The number of carbonyl (C=O) groups is 2. The molecule has 0 spiro atoms. The number of amides is 1. The molecule has 13 heteroatoms. The Bertz CT molecular complexity index is 2030. The third-order valence-electron chi connectivity index (χ3n) is 8.80. The fourth-order valence-corrected chi connectivity index (χ4v) is 6.94. The van der Waals surface area contributed by atoms with Gasteiger partial charge >= 0.3 is 11.7 Å². The molecule has 0 saturated carbocycles. The van der Waals surface area contributed by atoms with E-state index in [1.165, 1.54) is 20.3 Å². The second kappa shape index (κ2) is 13.0. The molecule has 1 saturated heterocycles. The Labute approximate surface area is 280 Å². The van der Waals surface area contributed by atoms with Gasteiger partial charge in [0.25, 0.3) is 11.5 Å². The van der Waals surface area contributed by atoms with E-state index in [-0.39, 0.29) is 34.2 Å². The van der Waals surface area contributed by atoms with E-state index in [0.717, 1.165) is 33.1 Å². The lowest BCUT2D eigenvalue weighted by molar-refractivity contribution is -0.155. The Balaban J connectivity index is 1.29. The fraction of sp³-hybridized carbons (Fsp3) is 0.324. The molecule has 2 aromatic carbocycles. The monoisotopic (exact) mass is 677 g/mol. The summed E-state index contributed by atoms with van der Waals surface area (Å²) in [6.45, 7) is 3.47. The minimum atomic E-state index is -0.719. The smallest absolute Gasteiger partial charge is 0.330 e. The van der Waals surface area contributed by atoms with Gasteiger partial charge in [-0.2, -0.15) is 0 Å². The zero-order chi connectivity index (χ0) is 33.6. The Morgan fingerprint density at radius 2 is 1.70 bits per heavy atom. The van der Waals surface area contributed by atoms with E-state index in [0.29, 0.717) is 53.0 Å². The van der Waals surface area contributed by atoms with E-state index < -0.39 is 17.2 Å². The minimum Gasteiger partial charge on any atom is -0.481 e. The van der Waals surface area contributed by atoms with Crippen LogP contribution in [0.5, 0.6) is 5.88 Å². The zero-order valence-corrected chi connectivity index (χ0v) is 27.8. The summed E-state index contributed by atoms with van der Waals surface area (Å²) in [6, 6.07) is 12.8. The van der Waals surface area contributed by atoms with Crippen LogP contribution in [0.4, 0.5) is 5.69 Å². The van der Waals surface area contributed by atoms with E-state index >= 15 is 0 Å². The first-order chi connectivity index (χ1) is 22.5. The first kappa shape index (κ1) is 32.5. The molecule has 0 bridgehead atoms. The Morgan fingerprint density at radius 1 is 1.02 bits per heavy atom. The molecule has 1 amide bonds. The quantitative estimate of drug-likeness (QED) is 0.262. The molecule has 1 aliphatic heterocycles. The topological polar surface area (TPSA) is 125 Å². The zero-order valence-electron chi connectivity index (χ0n) is 26.3. The Hall–Kier alpha value is -4.45. The van der Waals surface area contributed by atoms with Crippen molar-refractivity contribution < 1.29 is 19.1 Å². The van der Waals surface area contributed by atoms with Crippen molar-refractivity contribution in [1.82, 2.24) is 19.0 Å². The third-order valence-corrected chi connectivity index (χ3v) is 9.61. The summed E-state index contributed by atoms with van der Waals surface area (Å²) in [5.41, 5.74) is 3.45. The number of carbonyl (C=O) groups excluding carboxylic acids is 2. The number of nitrogens with one attached hydrogen (secondary N) is 1. The van der Waals surface area contributed by atoms with Gasteiger partial charge in [0.15, 0.2) is 0 Å². The molecular formula is C34H33Cl2N5O6. The number of fused-ring (bicyclic) bond motifs is 1. The Morgan fingerprint density at radius 3 is 2.40 bits per heavy atom. The number of aryl methyl sites for hydroxylation is 2. The number of hydrogen-bond donors (Lipinski definition) is 1. The molecule has 47 heavy (non-hydrogen) atoms. The standard InChI is InChI=1S/C34H33Cl2N5O6/c1-5-47-33(44)19-15-41(16-19)26-13-12-18-14-25(38-31(46-4)27(18)26)22-10-6-8-20(28(22)35)21-9-7-11-24(29(21)36)37-30(42)23-17-39(2)34(45)40(3)32(23)43/h6-11,14,17,19,26H,5,12-13,15-16H2,1-4H3,(H,37,42)/t26-/m0/s1. The number of aromatic nitrogens is 3. The molecule has 1 N–H and O–H groups in total. The highest BCUT2D eigenvalue weighted by Crippen LogP contribution is 2.46. The molecule has 4 aromatic rings. The predicted molar refractivity (Wildman–Crippen MR) is 179 cm³/mol. The first-order valence-corrected chi connectivity index (χ1v) is 15.9. The summed E-state index contributed by atoms with van der Waals surface area (Å²) in [7, 11) is 4.37. The van der Waals surface area contributed by atoms with Crippen LogP contribution >= 0.6 is 23.2 Å². The molecule has 244 valence electrons. The van der Waals surface area contributed by atoms with Gasteiger partial charge in [0.05, 0.1) is 41.1 Å². The van der Waals surface area contributed by atoms with Gasteiger partial charge in [-0.25, -0.2) is 9.78 Å². The Kier molecular flexibility index (Phi) is 8.97. The maximum atomic E-state index is 13.1. The SMILES string of the molecule is CCOC(=O)C1CN([C@H]2CCc3cc(-c4cccc(-c5cccc(NC(=O)c6cn(C)c(=O)n(C)c6=O)c5Cl)c4Cl)nc(OC)c32)C1. The second-order valence-corrected chi connectivity index (χ2v) is 12.4. The molecule has 0 unspecified atom stereocenters. The highest BCUT2D eigenvalue weighted by Gasteiger charge is 2.42. The highest BCUT2D eigenvalue weighted by atomic mass is 35.5. The lowest BCUT2D eigenvalue weighted by atomic mass is 9.95. The summed E-state index contributed by atoms with van der Waals surface area (Å²) in [5.74, 6) is -0.450. The van der Waals surface area contributed by atoms with Crippen LogP contribution in [0.15, 0.2) is 58.3 Å². The number of nitrogens with zero attached hydrogens (tertiary/aromatic N) is 4. The third kappa shape index (κ3) is 5.83. The van der Waals surface area contributed by atoms with Gasteiger partial charge in [0, 0.05) is 61.7 Å². The number of likely N-dealkylation sites (tertiary alicyclic amines) is 1. The predicted octanol–water partition coefficient (Wildman–Crippen LogP) is 4.86. The maximum Gasteiger partial charge on any atom is 0.330 e. The molecule has 1 aliphatic carbocycles. The van der Waals surface area contributed by atoms with Crippen molar-refractivity contribution in [3.05, 3.63) is 96.2 Å². The van der Waals surface area contributed by atoms with E-state index in [9.17, 15) is 19.2 Å². The average molecular weight is 679 g/mol. The molecule has 3 heterocycles. The summed E-state index contributed by atoms with van der Waals surface area (Å²) in [4.78, 5) is 57.1. The van der Waals surface area contributed by atoms with Crippen molar-refractivity contribution in [2.45, 2.75) is 25.8 Å². The van der Waals surface area contributed by atoms with E-state index in [1.807, 2.05) is 31.2 Å². The van der Waals surface area contributed by atoms with Crippen molar-refractivity contribution in [2.24, 2.45) is 20.0 Å². The molecule has 0 radical (unpaired) electrons. The van der Waals surface area contributed by atoms with Gasteiger partial charge in [-0.15, -0.1) is 0 Å². The number of esters is 1. The van der Waals surface area contributed by atoms with Crippen molar-refractivity contribution in [3.63, 3.8) is 0 Å². The second-order valence-electron chi connectivity index (χ2n) is 11.6. The van der Waals surface area contributed by atoms with Crippen LogP contribution in [0, 0.1) is 5.92 Å². The molecule has 2 aliphatic rings. The lowest BCUT2D eigenvalue weighted by Crippen LogP contribution is -2.51. The van der Waals surface area contributed by atoms with Crippen molar-refractivity contribution >= 4 is 40.8 Å². The van der Waals surface area contributed by atoms with Crippen LogP contribution in [-0.4, -0.2) is 57.7 Å². The van der Waals surface area contributed by atoms with Gasteiger partial charge in [0.1, 0.15) is 5.56 Å². The number of halogens is 2. The van der Waals surface area contributed by atoms with Gasteiger partial charge in [-0.1, -0.05) is 53.5 Å². The molecule has 1 fully saturated rings. The van der Waals surface area contributed by atoms with Gasteiger partial charge in [-0.05, 0) is 37.5 Å². The van der Waals surface area contributed by atoms with Crippen molar-refractivity contribution in [1.29, 1.82) is 0 Å². The molecule has 1 atom stereocenters. The van der Waals surface area contributed by atoms with Gasteiger partial charge in [0.2, 0.25) is 5.88 Å². The number of hydrogen-bond acceptors (Lipinski definition) is 8. The van der Waals surface area contributed by atoms with Crippen molar-refractivity contribution in [3.8, 4) is 28.3 Å². The van der Waals surface area contributed by atoms with E-state index in [1.54, 1.807) is 25.3 Å². The van der Waals surface area contributed by atoms with Gasteiger partial charge < -0.3 is 19.4 Å². The van der Waals surface area contributed by atoms with Crippen LogP contribution in [-0.2, 0) is 30.0 Å². The van der Waals surface area contributed by atoms with Crippen LogP contribution in [0.1, 0.15) is 40.9 Å². The number of methoxy groups -OCH3 is 1. The molecule has 6 rings (SSSR count). The summed E-state index contributed by atoms with van der Waals surface area (Å²) in [6.07, 6.45) is 2.91. The van der Waals surface area contributed by atoms with E-state index in [2.05, 4.69) is 10.2 Å². The normalized spacial score (nSPS) is 16.0. The lowest BCUT2D eigenvalue weighted by Gasteiger charge is -2.42. The van der Waals surface area contributed by atoms with E-state index in [4.69, 9.17) is 37.7 Å². The number of benzene rings is 2. The largest absolute Gasteiger partial charge is 0.481 e. The van der Waals surface area contributed by atoms with Crippen LogP contribution < -0.4 is 21.3 Å².